The Balaban J connectivity index is 1.84. The first-order chi connectivity index (χ1) is 16.4. The Bertz CT molecular complexity index is 1240. The number of hydrogen-bond donors (Lipinski definition) is 0. The van der Waals surface area contributed by atoms with E-state index in [9.17, 15) is 13.8 Å². The van der Waals surface area contributed by atoms with E-state index in [2.05, 4.69) is 0 Å². The molecule has 176 valence electrons. The minimum Gasteiger partial charge on any atom is -0.339 e. The highest BCUT2D eigenvalue weighted by atomic mass is 35.5. The molecule has 0 aromatic heterocycles. The number of hydrogen-bond acceptors (Lipinski definition) is 3. The van der Waals surface area contributed by atoms with Crippen molar-refractivity contribution in [3.63, 3.8) is 0 Å². The maximum atomic E-state index is 13.7. The van der Waals surface area contributed by atoms with Gasteiger partial charge in [-0.25, -0.2) is 4.21 Å². The summed E-state index contributed by atoms with van der Waals surface area (Å²) in [5.74, 6) is -0.334. The van der Waals surface area contributed by atoms with Crippen molar-refractivity contribution in [1.82, 2.24) is 4.90 Å². The van der Waals surface area contributed by atoms with Crippen LogP contribution in [0.3, 0.4) is 0 Å². The molecule has 0 saturated heterocycles. The Morgan fingerprint density at radius 1 is 0.941 bits per heavy atom. The van der Waals surface area contributed by atoms with Crippen LogP contribution in [0.4, 0.5) is 5.69 Å². The van der Waals surface area contributed by atoms with Crippen molar-refractivity contribution >= 4 is 39.9 Å². The predicted molar refractivity (Wildman–Crippen MR) is 136 cm³/mol. The number of halogens is 1. The normalized spacial score (nSPS) is 14.9. The van der Waals surface area contributed by atoms with Crippen molar-refractivity contribution in [3.05, 3.63) is 88.4 Å². The van der Waals surface area contributed by atoms with Crippen LogP contribution in [0.25, 0.3) is 0 Å². The second-order valence-electron chi connectivity index (χ2n) is 8.26. The van der Waals surface area contributed by atoms with Gasteiger partial charge in [0.2, 0.25) is 0 Å². The lowest BCUT2D eigenvalue weighted by Gasteiger charge is -2.25. The van der Waals surface area contributed by atoms with Gasteiger partial charge in [0.05, 0.1) is 38.4 Å². The van der Waals surface area contributed by atoms with Crippen molar-refractivity contribution < 1.29 is 13.8 Å². The van der Waals surface area contributed by atoms with Crippen LogP contribution >= 0.6 is 11.6 Å². The second-order valence-corrected chi connectivity index (χ2v) is 10.1. The monoisotopic (exact) mass is 494 g/mol. The summed E-state index contributed by atoms with van der Waals surface area (Å²) >= 11 is 6.05. The first-order valence-corrected chi connectivity index (χ1v) is 13.0. The van der Waals surface area contributed by atoms with Crippen molar-refractivity contribution in [1.29, 1.82) is 0 Å². The van der Waals surface area contributed by atoms with Gasteiger partial charge in [0, 0.05) is 23.7 Å². The van der Waals surface area contributed by atoms with Crippen LogP contribution in [-0.2, 0) is 17.3 Å². The van der Waals surface area contributed by atoms with E-state index in [-0.39, 0.29) is 18.4 Å². The third-order valence-electron chi connectivity index (χ3n) is 5.79. The standard InChI is InChI=1S/C27H27ClN2O3S/c1-3-15-29(16-4-2)26(31)20-11-14-25-23(17-20)30(18-19-9-12-21(28)13-10-19)27(32)22-7-5-6-8-24(22)34(25)33/h5-14,17H,3-4,15-16,18H2,1-2H3. The average Bonchev–Trinajstić information content (AvgIpc) is 2.94. The van der Waals surface area contributed by atoms with Crippen LogP contribution in [-0.4, -0.2) is 34.0 Å². The smallest absolute Gasteiger partial charge is 0.259 e. The number of carbonyl (C=O) groups is 2. The fraction of sp³-hybridized carbons (Fsp3) is 0.259. The molecule has 0 aliphatic carbocycles. The molecule has 3 aromatic rings. The molecule has 2 amide bonds. The summed E-state index contributed by atoms with van der Waals surface area (Å²) in [5, 5.41) is 0.609. The number of benzene rings is 3. The van der Waals surface area contributed by atoms with E-state index in [1.165, 1.54) is 0 Å². The Kier molecular flexibility index (Phi) is 7.49. The molecule has 34 heavy (non-hydrogen) atoms. The van der Waals surface area contributed by atoms with Crippen LogP contribution < -0.4 is 4.90 Å². The lowest BCUT2D eigenvalue weighted by Crippen LogP contribution is -2.33. The summed E-state index contributed by atoms with van der Waals surface area (Å²) in [6.07, 6.45) is 1.72. The molecule has 1 unspecified atom stereocenters. The Hall–Kier alpha value is -2.96. The maximum absolute atomic E-state index is 13.7. The number of fused-ring (bicyclic) bond motifs is 2. The van der Waals surface area contributed by atoms with Crippen molar-refractivity contribution in [3.8, 4) is 0 Å². The van der Waals surface area contributed by atoms with Gasteiger partial charge in [-0.15, -0.1) is 0 Å². The lowest BCUT2D eigenvalue weighted by atomic mass is 10.1. The number of rotatable bonds is 7. The Labute approximate surface area is 207 Å². The summed E-state index contributed by atoms with van der Waals surface area (Å²) in [7, 11) is -1.56. The molecule has 0 radical (unpaired) electrons. The summed E-state index contributed by atoms with van der Waals surface area (Å²) in [6, 6.07) is 19.4. The first kappa shape index (κ1) is 24.2. The SMILES string of the molecule is CCCN(CCC)C(=O)c1ccc2c(c1)N(Cc1ccc(Cl)cc1)C(=O)c1ccccc1S2=O. The van der Waals surface area contributed by atoms with Crippen LogP contribution in [0.2, 0.25) is 5.02 Å². The van der Waals surface area contributed by atoms with Crippen LogP contribution in [0.5, 0.6) is 0 Å². The predicted octanol–water partition coefficient (Wildman–Crippen LogP) is 5.93. The summed E-state index contributed by atoms with van der Waals surface area (Å²) in [5.41, 5.74) is 2.26. The summed E-state index contributed by atoms with van der Waals surface area (Å²) in [4.78, 5) is 31.5. The van der Waals surface area contributed by atoms with Gasteiger partial charge in [0.15, 0.2) is 0 Å². The molecule has 0 fully saturated rings. The molecule has 4 rings (SSSR count). The molecule has 0 bridgehead atoms. The molecule has 0 spiro atoms. The maximum Gasteiger partial charge on any atom is 0.259 e. The number of nitrogens with zero attached hydrogens (tertiary/aromatic N) is 2. The highest BCUT2D eigenvalue weighted by molar-refractivity contribution is 7.85. The lowest BCUT2D eigenvalue weighted by molar-refractivity contribution is 0.0755. The molecule has 3 aromatic carbocycles. The highest BCUT2D eigenvalue weighted by Crippen LogP contribution is 2.36. The zero-order chi connectivity index (χ0) is 24.2. The van der Waals surface area contributed by atoms with Gasteiger partial charge < -0.3 is 9.80 Å². The van der Waals surface area contributed by atoms with E-state index in [0.29, 0.717) is 44.7 Å². The molecule has 1 heterocycles. The molecule has 1 aliphatic rings. The van der Waals surface area contributed by atoms with E-state index in [4.69, 9.17) is 11.6 Å². The van der Waals surface area contributed by atoms with E-state index in [1.807, 2.05) is 30.9 Å². The van der Waals surface area contributed by atoms with Gasteiger partial charge in [-0.3, -0.25) is 9.59 Å². The van der Waals surface area contributed by atoms with Gasteiger partial charge in [-0.1, -0.05) is 49.7 Å². The zero-order valence-corrected chi connectivity index (χ0v) is 20.9. The second kappa shape index (κ2) is 10.5. The van der Waals surface area contributed by atoms with E-state index in [0.717, 1.165) is 18.4 Å². The Morgan fingerprint density at radius 2 is 1.62 bits per heavy atom. The average molecular weight is 495 g/mol. The molecule has 7 heteroatoms. The molecule has 1 aliphatic heterocycles. The van der Waals surface area contributed by atoms with Gasteiger partial charge >= 0.3 is 0 Å². The van der Waals surface area contributed by atoms with Crippen molar-refractivity contribution in [2.75, 3.05) is 18.0 Å². The highest BCUT2D eigenvalue weighted by Gasteiger charge is 2.32. The molecule has 1 atom stereocenters. The summed E-state index contributed by atoms with van der Waals surface area (Å²) in [6.45, 7) is 5.67. The van der Waals surface area contributed by atoms with Gasteiger partial charge in [-0.05, 0) is 60.9 Å². The van der Waals surface area contributed by atoms with Crippen LogP contribution in [0.15, 0.2) is 76.5 Å². The third-order valence-corrected chi connectivity index (χ3v) is 7.54. The molecular formula is C27H27ClN2O3S. The quantitative estimate of drug-likeness (QED) is 0.409. The van der Waals surface area contributed by atoms with Gasteiger partial charge in [-0.2, -0.15) is 0 Å². The molecular weight excluding hydrogens is 468 g/mol. The number of amides is 2. The fourth-order valence-corrected chi connectivity index (χ4v) is 5.63. The van der Waals surface area contributed by atoms with Crippen molar-refractivity contribution in [2.24, 2.45) is 0 Å². The van der Waals surface area contributed by atoms with Crippen molar-refractivity contribution in [2.45, 2.75) is 43.0 Å². The minimum absolute atomic E-state index is 0.0852. The van der Waals surface area contributed by atoms with Gasteiger partial charge in [0.1, 0.15) is 0 Å². The largest absolute Gasteiger partial charge is 0.339 e. The first-order valence-electron chi connectivity index (χ1n) is 11.4. The third kappa shape index (κ3) is 4.79. The summed E-state index contributed by atoms with van der Waals surface area (Å²) < 4.78 is 13.6. The molecule has 0 N–H and O–H groups in total. The number of anilines is 1. The van der Waals surface area contributed by atoms with E-state index >= 15 is 0 Å². The van der Waals surface area contributed by atoms with E-state index < -0.39 is 10.8 Å². The Morgan fingerprint density at radius 3 is 2.29 bits per heavy atom. The van der Waals surface area contributed by atoms with Gasteiger partial charge in [0.25, 0.3) is 11.8 Å². The van der Waals surface area contributed by atoms with Crippen LogP contribution in [0.1, 0.15) is 53.0 Å². The zero-order valence-electron chi connectivity index (χ0n) is 19.3. The topological polar surface area (TPSA) is 57.7 Å². The number of carbonyl (C=O) groups excluding carboxylic acids is 2. The molecule has 5 nitrogen and oxygen atoms in total. The van der Waals surface area contributed by atoms with Crippen LogP contribution in [0, 0.1) is 0 Å². The molecule has 0 saturated carbocycles. The van der Waals surface area contributed by atoms with E-state index in [1.54, 1.807) is 59.5 Å². The fourth-order valence-electron chi connectivity index (χ4n) is 4.16. The minimum atomic E-state index is -1.56.